The molecule has 1 rings (SSSR count). The van der Waals surface area contributed by atoms with Crippen molar-refractivity contribution in [3.63, 3.8) is 0 Å². The SMILES string of the molecule is C#CCC(=C)CC(O)c1ccccc1. The number of aliphatic hydroxyl groups is 1. The maximum Gasteiger partial charge on any atom is 0.0827 e. The van der Waals surface area contributed by atoms with E-state index < -0.39 is 6.10 Å². The second-order valence-electron chi connectivity index (χ2n) is 3.26. The van der Waals surface area contributed by atoms with Gasteiger partial charge in [-0.25, -0.2) is 0 Å². The van der Waals surface area contributed by atoms with E-state index >= 15 is 0 Å². The largest absolute Gasteiger partial charge is 0.388 e. The molecule has 1 nitrogen and oxygen atoms in total. The molecule has 1 unspecified atom stereocenters. The van der Waals surface area contributed by atoms with Crippen molar-refractivity contribution in [2.75, 3.05) is 0 Å². The minimum atomic E-state index is -0.489. The first-order valence-corrected chi connectivity index (χ1v) is 4.57. The van der Waals surface area contributed by atoms with E-state index in [0.29, 0.717) is 12.8 Å². The number of rotatable bonds is 4. The van der Waals surface area contributed by atoms with E-state index in [-0.39, 0.29) is 0 Å². The first-order chi connectivity index (χ1) is 6.74. The van der Waals surface area contributed by atoms with Crippen molar-refractivity contribution >= 4 is 0 Å². The number of aliphatic hydroxyl groups excluding tert-OH is 1. The van der Waals surface area contributed by atoms with Crippen molar-refractivity contribution in [3.05, 3.63) is 48.0 Å². The molecule has 0 fully saturated rings. The summed E-state index contributed by atoms with van der Waals surface area (Å²) in [7, 11) is 0. The molecule has 0 spiro atoms. The molecule has 72 valence electrons. The van der Waals surface area contributed by atoms with Gasteiger partial charge in [-0.05, 0) is 12.0 Å². The number of hydrogen-bond acceptors (Lipinski definition) is 1. The van der Waals surface area contributed by atoms with Gasteiger partial charge >= 0.3 is 0 Å². The maximum atomic E-state index is 9.79. The van der Waals surface area contributed by atoms with E-state index in [1.54, 1.807) is 0 Å². The van der Waals surface area contributed by atoms with Crippen LogP contribution in [0.2, 0.25) is 0 Å². The van der Waals surface area contributed by atoms with Crippen molar-refractivity contribution in [2.45, 2.75) is 18.9 Å². The van der Waals surface area contributed by atoms with Gasteiger partial charge in [0.15, 0.2) is 0 Å². The minimum absolute atomic E-state index is 0.489. The quantitative estimate of drug-likeness (QED) is 0.566. The van der Waals surface area contributed by atoms with Crippen LogP contribution in [0.1, 0.15) is 24.5 Å². The highest BCUT2D eigenvalue weighted by Gasteiger charge is 2.07. The zero-order valence-electron chi connectivity index (χ0n) is 8.11. The maximum absolute atomic E-state index is 9.79. The van der Waals surface area contributed by atoms with Crippen molar-refractivity contribution in [1.82, 2.24) is 0 Å². The lowest BCUT2D eigenvalue weighted by molar-refractivity contribution is 0.178. The van der Waals surface area contributed by atoms with Crippen LogP contribution in [0.15, 0.2) is 42.5 Å². The fraction of sp³-hybridized carbons (Fsp3) is 0.231. The Balaban J connectivity index is 2.56. The molecular weight excluding hydrogens is 172 g/mol. The summed E-state index contributed by atoms with van der Waals surface area (Å²) in [5.41, 5.74) is 1.80. The molecule has 0 saturated carbocycles. The Labute approximate surface area is 85.1 Å². The van der Waals surface area contributed by atoms with Gasteiger partial charge in [-0.15, -0.1) is 12.3 Å². The summed E-state index contributed by atoms with van der Waals surface area (Å²) in [6, 6.07) is 9.53. The molecular formula is C13H14O. The van der Waals surface area contributed by atoms with Gasteiger partial charge in [-0.3, -0.25) is 0 Å². The summed E-state index contributed by atoms with van der Waals surface area (Å²) in [4.78, 5) is 0. The Morgan fingerprint density at radius 1 is 1.43 bits per heavy atom. The molecule has 0 aliphatic carbocycles. The van der Waals surface area contributed by atoms with Crippen molar-refractivity contribution in [2.24, 2.45) is 0 Å². The molecule has 1 heteroatoms. The Bertz CT molecular complexity index is 332. The van der Waals surface area contributed by atoms with Gasteiger partial charge in [0.2, 0.25) is 0 Å². The fourth-order valence-electron chi connectivity index (χ4n) is 1.28. The topological polar surface area (TPSA) is 20.2 Å². The average Bonchev–Trinajstić information content (AvgIpc) is 2.19. The highest BCUT2D eigenvalue weighted by atomic mass is 16.3. The summed E-state index contributed by atoms with van der Waals surface area (Å²) in [6.45, 7) is 3.81. The van der Waals surface area contributed by atoms with Crippen LogP contribution < -0.4 is 0 Å². The second-order valence-corrected chi connectivity index (χ2v) is 3.26. The molecule has 0 aromatic heterocycles. The monoisotopic (exact) mass is 186 g/mol. The first-order valence-electron chi connectivity index (χ1n) is 4.57. The van der Waals surface area contributed by atoms with Crippen molar-refractivity contribution < 1.29 is 5.11 Å². The van der Waals surface area contributed by atoms with Crippen LogP contribution in [0.5, 0.6) is 0 Å². The lowest BCUT2D eigenvalue weighted by Gasteiger charge is -2.11. The van der Waals surface area contributed by atoms with Gasteiger partial charge in [0.05, 0.1) is 6.10 Å². The van der Waals surface area contributed by atoms with Crippen molar-refractivity contribution in [3.8, 4) is 12.3 Å². The summed E-state index contributed by atoms with van der Waals surface area (Å²) >= 11 is 0. The van der Waals surface area contributed by atoms with E-state index in [9.17, 15) is 5.11 Å². The number of terminal acetylenes is 1. The second kappa shape index (κ2) is 5.26. The minimum Gasteiger partial charge on any atom is -0.388 e. The number of hydrogen-bond donors (Lipinski definition) is 1. The zero-order valence-corrected chi connectivity index (χ0v) is 8.11. The van der Waals surface area contributed by atoms with Crippen molar-refractivity contribution in [1.29, 1.82) is 0 Å². The molecule has 0 bridgehead atoms. The summed E-state index contributed by atoms with van der Waals surface area (Å²) in [5.74, 6) is 2.51. The van der Waals surface area contributed by atoms with Gasteiger partial charge in [0, 0.05) is 6.42 Å². The summed E-state index contributed by atoms with van der Waals surface area (Å²) < 4.78 is 0. The Morgan fingerprint density at radius 2 is 2.07 bits per heavy atom. The third kappa shape index (κ3) is 3.08. The average molecular weight is 186 g/mol. The van der Waals surface area contributed by atoms with Crippen LogP contribution in [0.4, 0.5) is 0 Å². The van der Waals surface area contributed by atoms with Gasteiger partial charge < -0.3 is 5.11 Å². The van der Waals surface area contributed by atoms with Gasteiger partial charge in [0.25, 0.3) is 0 Å². The Morgan fingerprint density at radius 3 is 2.64 bits per heavy atom. The summed E-state index contributed by atoms with van der Waals surface area (Å²) in [5, 5.41) is 9.79. The number of benzene rings is 1. The Hall–Kier alpha value is -1.52. The molecule has 0 amide bonds. The van der Waals surface area contributed by atoms with Crippen LogP contribution in [0.25, 0.3) is 0 Å². The lowest BCUT2D eigenvalue weighted by atomic mass is 10.0. The van der Waals surface area contributed by atoms with E-state index in [2.05, 4.69) is 12.5 Å². The lowest BCUT2D eigenvalue weighted by Crippen LogP contribution is -1.98. The molecule has 0 saturated heterocycles. The summed E-state index contributed by atoms with van der Waals surface area (Å²) in [6.07, 6.45) is 5.73. The van der Waals surface area contributed by atoms with E-state index in [1.165, 1.54) is 0 Å². The first kappa shape index (κ1) is 10.6. The van der Waals surface area contributed by atoms with E-state index in [1.807, 2.05) is 30.3 Å². The predicted molar refractivity (Wildman–Crippen MR) is 58.6 cm³/mol. The fourth-order valence-corrected chi connectivity index (χ4v) is 1.28. The molecule has 1 aromatic rings. The van der Waals surface area contributed by atoms with Gasteiger partial charge in [-0.1, -0.05) is 42.5 Å². The van der Waals surface area contributed by atoms with E-state index in [0.717, 1.165) is 11.1 Å². The Kier molecular flexibility index (Phi) is 3.97. The molecule has 1 atom stereocenters. The van der Waals surface area contributed by atoms with Crippen LogP contribution in [0, 0.1) is 12.3 Å². The molecule has 0 aliphatic rings. The standard InChI is InChI=1S/C13H14O/c1-3-7-11(2)10-13(14)12-8-5-4-6-9-12/h1,4-6,8-9,13-14H,2,7,10H2. The smallest absolute Gasteiger partial charge is 0.0827 e. The van der Waals surface area contributed by atoms with Crippen LogP contribution >= 0.6 is 0 Å². The third-order valence-electron chi connectivity index (χ3n) is 2.02. The highest BCUT2D eigenvalue weighted by Crippen LogP contribution is 2.20. The molecule has 1 N–H and O–H groups in total. The molecule has 0 aliphatic heterocycles. The van der Waals surface area contributed by atoms with Crippen LogP contribution in [-0.4, -0.2) is 5.11 Å². The van der Waals surface area contributed by atoms with E-state index in [4.69, 9.17) is 6.42 Å². The predicted octanol–water partition coefficient (Wildman–Crippen LogP) is 2.69. The van der Waals surface area contributed by atoms with Crippen LogP contribution in [0.3, 0.4) is 0 Å². The van der Waals surface area contributed by atoms with Crippen LogP contribution in [-0.2, 0) is 0 Å². The highest BCUT2D eigenvalue weighted by molar-refractivity contribution is 5.19. The molecule has 0 radical (unpaired) electrons. The molecule has 0 heterocycles. The normalized spacial score (nSPS) is 11.7. The zero-order chi connectivity index (χ0) is 10.4. The van der Waals surface area contributed by atoms with Gasteiger partial charge in [0.1, 0.15) is 0 Å². The molecule has 1 aromatic carbocycles. The third-order valence-corrected chi connectivity index (χ3v) is 2.02. The molecule has 14 heavy (non-hydrogen) atoms. The van der Waals surface area contributed by atoms with Gasteiger partial charge in [-0.2, -0.15) is 0 Å².